The summed E-state index contributed by atoms with van der Waals surface area (Å²) in [6.07, 6.45) is 0.742. The number of carbonyl (C=O) groups is 4. The molecule has 1 aromatic rings. The van der Waals surface area contributed by atoms with Gasteiger partial charge in [-0.05, 0) is 18.1 Å². The molecule has 11 heteroatoms. The second-order valence-corrected chi connectivity index (χ2v) is 7.34. The van der Waals surface area contributed by atoms with Crippen LogP contribution in [0.2, 0.25) is 0 Å². The van der Waals surface area contributed by atoms with Gasteiger partial charge in [0.1, 0.15) is 19.8 Å². The molecule has 0 unspecified atom stereocenters. The van der Waals surface area contributed by atoms with E-state index in [0.29, 0.717) is 12.5 Å². The normalized spacial score (nSPS) is 10.3. The number of carboxylic acid groups (broad SMARTS) is 1. The number of carboxylic acids is 1. The van der Waals surface area contributed by atoms with Crippen LogP contribution in [-0.2, 0) is 33.3 Å². The van der Waals surface area contributed by atoms with E-state index >= 15 is 0 Å². The van der Waals surface area contributed by atoms with Crippen molar-refractivity contribution in [2.24, 2.45) is 5.92 Å². The number of furan rings is 1. The van der Waals surface area contributed by atoms with Crippen LogP contribution in [0.5, 0.6) is 0 Å². The third kappa shape index (κ3) is 16.7. The van der Waals surface area contributed by atoms with Gasteiger partial charge in [0.05, 0.1) is 32.7 Å². The summed E-state index contributed by atoms with van der Waals surface area (Å²) in [6, 6.07) is 2.61. The molecule has 34 heavy (non-hydrogen) atoms. The first-order valence-corrected chi connectivity index (χ1v) is 11.2. The maximum atomic E-state index is 11.9. The molecule has 194 valence electrons. The van der Waals surface area contributed by atoms with E-state index in [1.807, 2.05) is 13.8 Å². The van der Waals surface area contributed by atoms with E-state index in [2.05, 4.69) is 13.8 Å². The minimum Gasteiger partial charge on any atom is -0.481 e. The van der Waals surface area contributed by atoms with E-state index in [9.17, 15) is 19.2 Å². The number of rotatable bonds is 16. The summed E-state index contributed by atoms with van der Waals surface area (Å²) in [5, 5.41) is 8.45. The quantitative estimate of drug-likeness (QED) is 0.208. The van der Waals surface area contributed by atoms with Gasteiger partial charge in [0.2, 0.25) is 11.5 Å². The third-order valence-corrected chi connectivity index (χ3v) is 3.41. The smallest absolute Gasteiger partial charge is 0.374 e. The van der Waals surface area contributed by atoms with Crippen molar-refractivity contribution in [2.45, 2.75) is 47.0 Å². The number of ether oxygens (including phenoxy) is 5. The Kier molecular flexibility index (Phi) is 17.9. The van der Waals surface area contributed by atoms with Crippen LogP contribution in [0.3, 0.4) is 0 Å². The largest absolute Gasteiger partial charge is 0.481 e. The number of hydrogen-bond donors (Lipinski definition) is 1. The predicted molar refractivity (Wildman–Crippen MR) is 120 cm³/mol. The summed E-state index contributed by atoms with van der Waals surface area (Å²) >= 11 is 0. The monoisotopic (exact) mass is 488 g/mol. The van der Waals surface area contributed by atoms with E-state index in [0.717, 1.165) is 0 Å². The van der Waals surface area contributed by atoms with E-state index in [4.69, 9.17) is 33.2 Å². The van der Waals surface area contributed by atoms with Crippen molar-refractivity contribution >= 4 is 23.9 Å². The molecular weight excluding hydrogens is 452 g/mol. The fourth-order valence-electron chi connectivity index (χ4n) is 2.00. The maximum absolute atomic E-state index is 11.9. The maximum Gasteiger partial charge on any atom is 0.374 e. The van der Waals surface area contributed by atoms with Gasteiger partial charge in [0.15, 0.2) is 0 Å². The Morgan fingerprint density at radius 3 is 1.74 bits per heavy atom. The van der Waals surface area contributed by atoms with Gasteiger partial charge in [0.25, 0.3) is 0 Å². The molecule has 1 aromatic heterocycles. The van der Waals surface area contributed by atoms with Crippen LogP contribution in [0.15, 0.2) is 16.5 Å². The van der Waals surface area contributed by atoms with Crippen molar-refractivity contribution < 1.29 is 52.4 Å². The van der Waals surface area contributed by atoms with Crippen LogP contribution < -0.4 is 0 Å². The Labute approximate surface area is 199 Å². The average Bonchev–Trinajstić information content (AvgIpc) is 3.27. The van der Waals surface area contributed by atoms with Crippen molar-refractivity contribution in [1.82, 2.24) is 0 Å². The summed E-state index contributed by atoms with van der Waals surface area (Å²) in [7, 11) is 0. The van der Waals surface area contributed by atoms with Gasteiger partial charge < -0.3 is 33.2 Å². The topological polar surface area (TPSA) is 148 Å². The Morgan fingerprint density at radius 1 is 0.794 bits per heavy atom. The molecule has 1 heterocycles. The fraction of sp³-hybridized carbons (Fsp3) is 0.652. The minimum atomic E-state index is -1.08. The molecule has 0 radical (unpaired) electrons. The van der Waals surface area contributed by atoms with Crippen molar-refractivity contribution in [3.8, 4) is 0 Å². The first-order valence-electron chi connectivity index (χ1n) is 11.2. The molecule has 0 amide bonds. The first-order chi connectivity index (χ1) is 16.2. The van der Waals surface area contributed by atoms with Crippen LogP contribution in [0, 0.1) is 5.92 Å². The van der Waals surface area contributed by atoms with Crippen molar-refractivity contribution in [3.63, 3.8) is 0 Å². The molecule has 0 atom stereocenters. The van der Waals surface area contributed by atoms with Gasteiger partial charge in [-0.3, -0.25) is 9.59 Å². The lowest BCUT2D eigenvalue weighted by Crippen LogP contribution is -2.15. The van der Waals surface area contributed by atoms with E-state index in [-0.39, 0.29) is 64.0 Å². The highest BCUT2D eigenvalue weighted by molar-refractivity contribution is 5.90. The molecule has 1 rings (SSSR count). The van der Waals surface area contributed by atoms with Crippen LogP contribution in [0.4, 0.5) is 0 Å². The van der Waals surface area contributed by atoms with Gasteiger partial charge in [-0.2, -0.15) is 0 Å². The number of aliphatic carboxylic acids is 1. The third-order valence-electron chi connectivity index (χ3n) is 3.41. The molecule has 0 fully saturated rings. The molecule has 0 aromatic carbocycles. The van der Waals surface area contributed by atoms with Gasteiger partial charge >= 0.3 is 23.9 Å². The van der Waals surface area contributed by atoms with Crippen molar-refractivity contribution in [2.75, 3.05) is 46.2 Å². The fourth-order valence-corrected chi connectivity index (χ4v) is 2.00. The van der Waals surface area contributed by atoms with Crippen molar-refractivity contribution in [3.05, 3.63) is 23.7 Å². The first kappa shape index (κ1) is 31.1. The summed E-state index contributed by atoms with van der Waals surface area (Å²) in [4.78, 5) is 45.2. The Morgan fingerprint density at radius 2 is 1.26 bits per heavy atom. The van der Waals surface area contributed by atoms with Gasteiger partial charge in [-0.15, -0.1) is 0 Å². The van der Waals surface area contributed by atoms with Crippen molar-refractivity contribution in [1.29, 1.82) is 0 Å². The number of hydrogen-bond acceptors (Lipinski definition) is 10. The zero-order valence-electron chi connectivity index (χ0n) is 20.3. The number of esters is 3. The lowest BCUT2D eigenvalue weighted by atomic mass is 10.2. The second kappa shape index (κ2) is 19.5. The highest BCUT2D eigenvalue weighted by Crippen LogP contribution is 2.11. The zero-order valence-corrected chi connectivity index (χ0v) is 20.3. The SMILES string of the molecule is CC(C)COCCOC(=O)c1ccc(C(=O)OCCOCCOC(=O)CCC(=O)O)o1.CCC. The summed E-state index contributed by atoms with van der Waals surface area (Å²) in [5.41, 5.74) is 0. The minimum absolute atomic E-state index is 0.0431. The highest BCUT2D eigenvalue weighted by atomic mass is 16.6. The van der Waals surface area contributed by atoms with Crippen LogP contribution in [0.25, 0.3) is 0 Å². The molecule has 11 nitrogen and oxygen atoms in total. The Bertz CT molecular complexity index is 724. The Balaban J connectivity index is 0.00000343. The van der Waals surface area contributed by atoms with E-state index in [1.54, 1.807) is 0 Å². The Hall–Kier alpha value is -2.92. The molecule has 0 aliphatic rings. The highest BCUT2D eigenvalue weighted by Gasteiger charge is 2.18. The van der Waals surface area contributed by atoms with E-state index < -0.39 is 23.9 Å². The molecule has 0 saturated heterocycles. The number of carbonyl (C=O) groups excluding carboxylic acids is 3. The molecule has 1 N–H and O–H groups in total. The van der Waals surface area contributed by atoms with Crippen LogP contribution in [0.1, 0.15) is 68.1 Å². The molecule has 0 bridgehead atoms. The molecule has 0 saturated carbocycles. The molecule has 0 spiro atoms. The standard InChI is InChI=1S/C20H28O11.C3H8/c1-14(2)13-27-9-12-30-20(25)16-4-3-15(31-16)19(24)29-11-8-26-7-10-28-18(23)6-5-17(21)22;1-3-2/h3-4,14H,5-13H2,1-2H3,(H,21,22);3H2,1-2H3. The molecule has 0 aliphatic heterocycles. The summed E-state index contributed by atoms with van der Waals surface area (Å²) in [5.74, 6) is -3.11. The van der Waals surface area contributed by atoms with Gasteiger partial charge in [-0.1, -0.05) is 34.1 Å². The molecular formula is C23H36O11. The average molecular weight is 489 g/mol. The second-order valence-electron chi connectivity index (χ2n) is 7.34. The summed E-state index contributed by atoms with van der Waals surface area (Å²) < 4.78 is 30.3. The van der Waals surface area contributed by atoms with Crippen LogP contribution in [-0.4, -0.2) is 75.2 Å². The van der Waals surface area contributed by atoms with E-state index in [1.165, 1.54) is 18.6 Å². The van der Waals surface area contributed by atoms with Gasteiger partial charge in [-0.25, -0.2) is 9.59 Å². The zero-order chi connectivity index (χ0) is 25.8. The lowest BCUT2D eigenvalue weighted by Gasteiger charge is -2.07. The van der Waals surface area contributed by atoms with Gasteiger partial charge in [0, 0.05) is 6.61 Å². The van der Waals surface area contributed by atoms with Crippen LogP contribution >= 0.6 is 0 Å². The summed E-state index contributed by atoms with van der Waals surface area (Å²) in [6.45, 7) is 9.14. The lowest BCUT2D eigenvalue weighted by molar-refractivity contribution is -0.148. The molecule has 0 aliphatic carbocycles. The predicted octanol–water partition coefficient (Wildman–Crippen LogP) is 3.11.